The SMILES string of the molecule is COC(=O)c1cccc(N)c1Sc1cnn(C)c1. The highest BCUT2D eigenvalue weighted by Gasteiger charge is 2.15. The summed E-state index contributed by atoms with van der Waals surface area (Å²) in [7, 11) is 3.18. The van der Waals surface area contributed by atoms with Gasteiger partial charge in [0, 0.05) is 23.8 Å². The molecule has 0 aliphatic rings. The predicted octanol–water partition coefficient (Wildman–Crippen LogP) is 1.94. The number of anilines is 1. The minimum atomic E-state index is -0.395. The van der Waals surface area contributed by atoms with E-state index in [0.29, 0.717) is 16.1 Å². The molecule has 0 saturated heterocycles. The van der Waals surface area contributed by atoms with Gasteiger partial charge in [-0.2, -0.15) is 5.10 Å². The lowest BCUT2D eigenvalue weighted by molar-refractivity contribution is 0.0597. The molecule has 94 valence electrons. The summed E-state index contributed by atoms with van der Waals surface area (Å²) in [5.74, 6) is -0.395. The number of aryl methyl sites for hydroxylation is 1. The molecule has 1 heterocycles. The number of rotatable bonds is 3. The fourth-order valence-electron chi connectivity index (χ4n) is 1.51. The number of nitrogen functional groups attached to an aromatic ring is 1. The van der Waals surface area contributed by atoms with Crippen LogP contribution in [0.5, 0.6) is 0 Å². The molecule has 0 aliphatic carbocycles. The monoisotopic (exact) mass is 263 g/mol. The molecule has 5 nitrogen and oxygen atoms in total. The molecule has 0 unspecified atom stereocenters. The van der Waals surface area contributed by atoms with Crippen molar-refractivity contribution >= 4 is 23.4 Å². The second-order valence-corrected chi connectivity index (χ2v) is 4.75. The third-order valence-electron chi connectivity index (χ3n) is 2.35. The minimum absolute atomic E-state index is 0.395. The van der Waals surface area contributed by atoms with Gasteiger partial charge >= 0.3 is 5.97 Å². The molecule has 1 aromatic heterocycles. The van der Waals surface area contributed by atoms with Crippen molar-refractivity contribution in [2.75, 3.05) is 12.8 Å². The Bertz CT molecular complexity index is 580. The highest BCUT2D eigenvalue weighted by atomic mass is 32.2. The summed E-state index contributed by atoms with van der Waals surface area (Å²) >= 11 is 1.40. The van der Waals surface area contributed by atoms with E-state index in [1.807, 2.05) is 13.2 Å². The van der Waals surface area contributed by atoms with Crippen LogP contribution in [0.25, 0.3) is 0 Å². The van der Waals surface area contributed by atoms with Gasteiger partial charge in [-0.3, -0.25) is 4.68 Å². The van der Waals surface area contributed by atoms with Crippen LogP contribution < -0.4 is 5.73 Å². The highest BCUT2D eigenvalue weighted by Crippen LogP contribution is 2.34. The highest BCUT2D eigenvalue weighted by molar-refractivity contribution is 7.99. The van der Waals surface area contributed by atoms with Gasteiger partial charge in [0.25, 0.3) is 0 Å². The number of hydrogen-bond donors (Lipinski definition) is 1. The van der Waals surface area contributed by atoms with Crippen molar-refractivity contribution in [1.29, 1.82) is 0 Å². The quantitative estimate of drug-likeness (QED) is 0.677. The van der Waals surface area contributed by atoms with Crippen molar-refractivity contribution in [3.05, 3.63) is 36.2 Å². The average molecular weight is 263 g/mol. The van der Waals surface area contributed by atoms with Crippen LogP contribution in [0, 0.1) is 0 Å². The van der Waals surface area contributed by atoms with Gasteiger partial charge in [0.15, 0.2) is 0 Å². The number of ether oxygens (including phenoxy) is 1. The van der Waals surface area contributed by atoms with Crippen LogP contribution in [0.1, 0.15) is 10.4 Å². The second-order valence-electron chi connectivity index (χ2n) is 3.67. The number of hydrogen-bond acceptors (Lipinski definition) is 5. The molecule has 0 aliphatic heterocycles. The number of esters is 1. The maximum atomic E-state index is 11.7. The van der Waals surface area contributed by atoms with Gasteiger partial charge in [-0.1, -0.05) is 17.8 Å². The third kappa shape index (κ3) is 2.48. The van der Waals surface area contributed by atoms with Gasteiger partial charge in [-0.25, -0.2) is 4.79 Å². The molecule has 0 spiro atoms. The van der Waals surface area contributed by atoms with Crippen LogP contribution in [0.4, 0.5) is 5.69 Å². The lowest BCUT2D eigenvalue weighted by Gasteiger charge is -2.08. The molecular weight excluding hydrogens is 250 g/mol. The van der Waals surface area contributed by atoms with Crippen LogP contribution in [0.15, 0.2) is 40.4 Å². The van der Waals surface area contributed by atoms with E-state index in [9.17, 15) is 4.79 Å². The molecule has 1 aromatic carbocycles. The van der Waals surface area contributed by atoms with Crippen LogP contribution in [-0.2, 0) is 11.8 Å². The normalized spacial score (nSPS) is 10.3. The number of methoxy groups -OCH3 is 1. The minimum Gasteiger partial charge on any atom is -0.465 e. The Hall–Kier alpha value is -1.95. The molecular formula is C12H13N3O2S. The molecule has 0 radical (unpaired) electrons. The zero-order chi connectivity index (χ0) is 13.1. The van der Waals surface area contributed by atoms with Crippen molar-refractivity contribution in [2.24, 2.45) is 7.05 Å². The van der Waals surface area contributed by atoms with Crippen LogP contribution in [-0.4, -0.2) is 22.9 Å². The molecule has 6 heteroatoms. The number of carbonyl (C=O) groups is 1. The van der Waals surface area contributed by atoms with Gasteiger partial charge in [-0.15, -0.1) is 0 Å². The average Bonchev–Trinajstić information content (AvgIpc) is 2.76. The summed E-state index contributed by atoms with van der Waals surface area (Å²) in [5.41, 5.74) is 6.92. The van der Waals surface area contributed by atoms with Crippen molar-refractivity contribution < 1.29 is 9.53 Å². The number of benzene rings is 1. The number of nitrogens with zero attached hydrogens (tertiary/aromatic N) is 2. The van der Waals surface area contributed by atoms with Crippen LogP contribution >= 0.6 is 11.8 Å². The van der Waals surface area contributed by atoms with Gasteiger partial charge in [0.2, 0.25) is 0 Å². The molecule has 0 atom stereocenters. The number of aromatic nitrogens is 2. The van der Waals surface area contributed by atoms with Gasteiger partial charge in [-0.05, 0) is 12.1 Å². The number of nitrogens with two attached hydrogens (primary N) is 1. The zero-order valence-electron chi connectivity index (χ0n) is 10.1. The summed E-state index contributed by atoms with van der Waals surface area (Å²) in [6.45, 7) is 0. The topological polar surface area (TPSA) is 70.1 Å². The zero-order valence-corrected chi connectivity index (χ0v) is 10.9. The van der Waals surface area contributed by atoms with E-state index in [2.05, 4.69) is 5.10 Å². The van der Waals surface area contributed by atoms with E-state index >= 15 is 0 Å². The van der Waals surface area contributed by atoms with E-state index in [1.54, 1.807) is 29.1 Å². The van der Waals surface area contributed by atoms with Gasteiger partial charge in [0.05, 0.1) is 23.8 Å². The second kappa shape index (κ2) is 5.14. The van der Waals surface area contributed by atoms with Crippen LogP contribution in [0.2, 0.25) is 0 Å². The van der Waals surface area contributed by atoms with Crippen molar-refractivity contribution in [3.8, 4) is 0 Å². The lowest BCUT2D eigenvalue weighted by Crippen LogP contribution is -2.04. The fourth-order valence-corrected chi connectivity index (χ4v) is 2.50. The Morgan fingerprint density at radius 2 is 2.28 bits per heavy atom. The fraction of sp³-hybridized carbons (Fsp3) is 0.167. The lowest BCUT2D eigenvalue weighted by atomic mass is 10.2. The van der Waals surface area contributed by atoms with Crippen molar-refractivity contribution in [3.63, 3.8) is 0 Å². The van der Waals surface area contributed by atoms with Gasteiger partial charge < -0.3 is 10.5 Å². The number of carbonyl (C=O) groups excluding carboxylic acids is 1. The Morgan fingerprint density at radius 1 is 1.50 bits per heavy atom. The van der Waals surface area contributed by atoms with Crippen molar-refractivity contribution in [2.45, 2.75) is 9.79 Å². The summed E-state index contributed by atoms with van der Waals surface area (Å²) in [6.07, 6.45) is 3.58. The standard InChI is InChI=1S/C12H13N3O2S/c1-15-7-8(6-14-15)18-11-9(12(16)17-2)4-3-5-10(11)13/h3-7H,13H2,1-2H3. The molecule has 2 aromatic rings. The maximum Gasteiger partial charge on any atom is 0.339 e. The van der Waals surface area contributed by atoms with Crippen LogP contribution in [0.3, 0.4) is 0 Å². The molecule has 2 rings (SSSR count). The first-order chi connectivity index (χ1) is 8.61. The smallest absolute Gasteiger partial charge is 0.339 e. The Balaban J connectivity index is 2.39. The molecule has 18 heavy (non-hydrogen) atoms. The molecule has 0 fully saturated rings. The Kier molecular flexibility index (Phi) is 3.57. The molecule has 0 bridgehead atoms. The third-order valence-corrected chi connectivity index (χ3v) is 3.46. The molecule has 0 amide bonds. The summed E-state index contributed by atoms with van der Waals surface area (Å²) in [6, 6.07) is 5.18. The first-order valence-electron chi connectivity index (χ1n) is 5.25. The van der Waals surface area contributed by atoms with E-state index in [0.717, 1.165) is 4.90 Å². The molecule has 2 N–H and O–H groups in total. The van der Waals surface area contributed by atoms with E-state index in [1.165, 1.54) is 18.9 Å². The van der Waals surface area contributed by atoms with Crippen molar-refractivity contribution in [1.82, 2.24) is 9.78 Å². The Labute approximate surface area is 109 Å². The molecule has 0 saturated carbocycles. The Morgan fingerprint density at radius 3 is 2.89 bits per heavy atom. The first-order valence-corrected chi connectivity index (χ1v) is 6.06. The summed E-state index contributed by atoms with van der Waals surface area (Å²) in [4.78, 5) is 13.3. The predicted molar refractivity (Wildman–Crippen MR) is 69.5 cm³/mol. The van der Waals surface area contributed by atoms with Gasteiger partial charge in [0.1, 0.15) is 0 Å². The summed E-state index contributed by atoms with van der Waals surface area (Å²) < 4.78 is 6.44. The first kappa shape index (κ1) is 12.5. The van der Waals surface area contributed by atoms with E-state index < -0.39 is 5.97 Å². The maximum absolute atomic E-state index is 11.7. The largest absolute Gasteiger partial charge is 0.465 e. The van der Waals surface area contributed by atoms with E-state index in [-0.39, 0.29) is 0 Å². The summed E-state index contributed by atoms with van der Waals surface area (Å²) in [5, 5.41) is 4.08. The van der Waals surface area contributed by atoms with E-state index in [4.69, 9.17) is 10.5 Å².